The molecule has 1 amide bonds. The molecule has 216 valence electrons. The van der Waals surface area contributed by atoms with Gasteiger partial charge in [-0.1, -0.05) is 93.8 Å². The summed E-state index contributed by atoms with van der Waals surface area (Å²) in [7, 11) is -3.96. The fourth-order valence-electron chi connectivity index (χ4n) is 5.33. The van der Waals surface area contributed by atoms with Crippen LogP contribution in [0.25, 0.3) is 0 Å². The molecule has 0 bridgehead atoms. The maximum atomic E-state index is 14.5. The lowest BCUT2D eigenvalue weighted by Crippen LogP contribution is -2.49. The van der Waals surface area contributed by atoms with E-state index in [0.717, 1.165) is 32.4 Å². The Hall–Kier alpha value is -4.40. The van der Waals surface area contributed by atoms with Crippen LogP contribution >= 0.6 is 15.9 Å². The van der Waals surface area contributed by atoms with Gasteiger partial charge < -0.3 is 4.90 Å². The lowest BCUT2D eigenvalue weighted by molar-refractivity contribution is 0.0968. The lowest BCUT2D eigenvalue weighted by atomic mass is 9.99. The highest BCUT2D eigenvalue weighted by Gasteiger charge is 2.40. The van der Waals surface area contributed by atoms with Gasteiger partial charge in [0.2, 0.25) is 0 Å². The van der Waals surface area contributed by atoms with Crippen molar-refractivity contribution in [2.24, 2.45) is 0 Å². The summed E-state index contributed by atoms with van der Waals surface area (Å²) in [6.45, 7) is 4.44. The van der Waals surface area contributed by atoms with E-state index in [-0.39, 0.29) is 10.8 Å². The van der Waals surface area contributed by atoms with E-state index in [9.17, 15) is 13.2 Å². The number of hydrogen-bond acceptors (Lipinski definition) is 4. The average molecular weight is 653 g/mol. The predicted molar refractivity (Wildman–Crippen MR) is 176 cm³/mol. The van der Waals surface area contributed by atoms with Gasteiger partial charge in [0.25, 0.3) is 15.9 Å². The second kappa shape index (κ2) is 11.7. The Morgan fingerprint density at radius 2 is 1.40 bits per heavy atom. The molecular formula is C35H30BrN3O3S. The second-order valence-electron chi connectivity index (χ2n) is 10.7. The molecule has 1 atom stereocenters. The molecule has 0 fully saturated rings. The molecule has 1 heterocycles. The molecular weight excluding hydrogens is 622 g/mol. The first kappa shape index (κ1) is 28.7. The largest absolute Gasteiger partial charge is 0.342 e. The smallest absolute Gasteiger partial charge is 0.262 e. The van der Waals surface area contributed by atoms with E-state index in [1.807, 2.05) is 92.7 Å². The number of amides is 1. The number of hydrogen-bond donors (Lipinski definition) is 1. The first-order valence-electron chi connectivity index (χ1n) is 13.9. The van der Waals surface area contributed by atoms with Gasteiger partial charge in [-0.05, 0) is 79.6 Å². The third-order valence-corrected chi connectivity index (χ3v) is 9.46. The molecule has 0 saturated carbocycles. The van der Waals surface area contributed by atoms with Gasteiger partial charge in [0, 0.05) is 22.4 Å². The van der Waals surface area contributed by atoms with Crippen LogP contribution in [0.3, 0.4) is 0 Å². The third-order valence-electron chi connectivity index (χ3n) is 7.56. The van der Waals surface area contributed by atoms with E-state index in [0.29, 0.717) is 23.5 Å². The van der Waals surface area contributed by atoms with E-state index in [4.69, 9.17) is 0 Å². The van der Waals surface area contributed by atoms with Crippen LogP contribution in [0.2, 0.25) is 0 Å². The molecule has 8 heteroatoms. The van der Waals surface area contributed by atoms with Gasteiger partial charge >= 0.3 is 0 Å². The molecule has 6 nitrogen and oxygen atoms in total. The minimum absolute atomic E-state index is 0.0192. The van der Waals surface area contributed by atoms with Gasteiger partial charge in [-0.25, -0.2) is 8.42 Å². The molecule has 5 aromatic rings. The van der Waals surface area contributed by atoms with Crippen LogP contribution in [0.5, 0.6) is 0 Å². The first-order chi connectivity index (χ1) is 20.7. The zero-order valence-electron chi connectivity index (χ0n) is 23.7. The normalized spacial score (nSPS) is 14.9. The average Bonchev–Trinajstić information content (AvgIpc) is 3.01. The fraction of sp³-hybridized carbons (Fsp3) is 0.114. The van der Waals surface area contributed by atoms with Gasteiger partial charge in [0.1, 0.15) is 6.17 Å². The predicted octanol–water partition coefficient (Wildman–Crippen LogP) is 8.23. The van der Waals surface area contributed by atoms with Gasteiger partial charge in [0.15, 0.2) is 0 Å². The van der Waals surface area contributed by atoms with Crippen molar-refractivity contribution in [1.29, 1.82) is 0 Å². The standard InChI is InChI=1S/C35H30BrN3O3S/c1-24-8-16-29(17-9-24)37-43(41,42)31-20-21-33-32(22-31)35(40)39(30-18-10-25(2)11-19-30)34(27-12-14-28(36)15-13-27)38(33)23-26-6-4-3-5-7-26/h3-22,34,37H,23H2,1-2H3/t34-/m0/s1. The van der Waals surface area contributed by atoms with Crippen LogP contribution in [0.15, 0.2) is 131 Å². The number of benzene rings is 5. The summed E-state index contributed by atoms with van der Waals surface area (Å²) < 4.78 is 30.6. The van der Waals surface area contributed by atoms with Crippen molar-refractivity contribution in [3.63, 3.8) is 0 Å². The Balaban J connectivity index is 1.52. The number of nitrogens with one attached hydrogen (secondary N) is 1. The highest BCUT2D eigenvalue weighted by atomic mass is 79.9. The number of aryl methyl sites for hydroxylation is 2. The van der Waals surface area contributed by atoms with Crippen molar-refractivity contribution in [3.8, 4) is 0 Å². The lowest BCUT2D eigenvalue weighted by Gasteiger charge is -2.46. The molecule has 0 radical (unpaired) electrons. The van der Waals surface area contributed by atoms with Crippen LogP contribution in [-0.2, 0) is 16.6 Å². The highest BCUT2D eigenvalue weighted by Crippen LogP contribution is 2.43. The molecule has 0 aliphatic carbocycles. The Morgan fingerprint density at radius 1 is 0.767 bits per heavy atom. The number of sulfonamides is 1. The Bertz CT molecular complexity index is 1880. The first-order valence-corrected chi connectivity index (χ1v) is 16.2. The Morgan fingerprint density at radius 3 is 2.05 bits per heavy atom. The minimum atomic E-state index is -3.96. The molecule has 1 aliphatic heterocycles. The number of rotatable bonds is 7. The second-order valence-corrected chi connectivity index (χ2v) is 13.3. The zero-order valence-corrected chi connectivity index (χ0v) is 26.1. The van der Waals surface area contributed by atoms with Crippen LogP contribution in [0.4, 0.5) is 17.1 Å². The van der Waals surface area contributed by atoms with Crippen molar-refractivity contribution in [2.45, 2.75) is 31.5 Å². The SMILES string of the molecule is Cc1ccc(NS(=O)(=O)c2ccc3c(c2)C(=O)N(c2ccc(C)cc2)[C@@H](c2ccc(Br)cc2)N3Cc2ccccc2)cc1. The number of carbonyl (C=O) groups excluding carboxylic acids is 1. The quantitative estimate of drug-likeness (QED) is 0.192. The number of fused-ring (bicyclic) bond motifs is 1. The Kier molecular flexibility index (Phi) is 7.81. The van der Waals surface area contributed by atoms with E-state index < -0.39 is 16.2 Å². The van der Waals surface area contributed by atoms with Gasteiger partial charge in [-0.2, -0.15) is 0 Å². The molecule has 1 aliphatic rings. The highest BCUT2D eigenvalue weighted by molar-refractivity contribution is 9.10. The van der Waals surface area contributed by atoms with Gasteiger partial charge in [-0.15, -0.1) is 0 Å². The molecule has 0 aromatic heterocycles. The van der Waals surface area contributed by atoms with Crippen LogP contribution < -0.4 is 14.5 Å². The van der Waals surface area contributed by atoms with Crippen molar-refractivity contribution in [1.82, 2.24) is 0 Å². The molecule has 0 spiro atoms. The molecule has 0 unspecified atom stereocenters. The molecule has 1 N–H and O–H groups in total. The van der Waals surface area contributed by atoms with Crippen LogP contribution in [0, 0.1) is 13.8 Å². The number of nitrogens with zero attached hydrogens (tertiary/aromatic N) is 2. The van der Waals surface area contributed by atoms with Crippen molar-refractivity contribution in [3.05, 3.63) is 154 Å². The van der Waals surface area contributed by atoms with Crippen molar-refractivity contribution in [2.75, 3.05) is 14.5 Å². The molecule has 43 heavy (non-hydrogen) atoms. The fourth-order valence-corrected chi connectivity index (χ4v) is 6.68. The summed E-state index contributed by atoms with van der Waals surface area (Å²) in [6, 6.07) is 37.8. The summed E-state index contributed by atoms with van der Waals surface area (Å²) in [4.78, 5) is 18.4. The van der Waals surface area contributed by atoms with Gasteiger partial charge in [-0.3, -0.25) is 14.4 Å². The number of halogens is 1. The van der Waals surface area contributed by atoms with E-state index in [1.165, 1.54) is 6.07 Å². The Labute approximate surface area is 260 Å². The van der Waals surface area contributed by atoms with E-state index in [2.05, 4.69) is 37.7 Å². The van der Waals surface area contributed by atoms with Gasteiger partial charge in [0.05, 0.1) is 16.1 Å². The van der Waals surface area contributed by atoms with E-state index >= 15 is 0 Å². The summed E-state index contributed by atoms with van der Waals surface area (Å²) in [6.07, 6.45) is -0.482. The summed E-state index contributed by atoms with van der Waals surface area (Å²) in [5.41, 5.74) is 6.25. The van der Waals surface area contributed by atoms with E-state index in [1.54, 1.807) is 29.2 Å². The molecule has 6 rings (SSSR count). The monoisotopic (exact) mass is 651 g/mol. The van der Waals surface area contributed by atoms with Crippen LogP contribution in [0.1, 0.15) is 38.8 Å². The van der Waals surface area contributed by atoms with Crippen molar-refractivity contribution >= 4 is 48.9 Å². The summed E-state index contributed by atoms with van der Waals surface area (Å²) in [5, 5.41) is 0. The van der Waals surface area contributed by atoms with Crippen LogP contribution in [-0.4, -0.2) is 14.3 Å². The van der Waals surface area contributed by atoms with Crippen molar-refractivity contribution < 1.29 is 13.2 Å². The topological polar surface area (TPSA) is 69.7 Å². The summed E-state index contributed by atoms with van der Waals surface area (Å²) >= 11 is 3.54. The minimum Gasteiger partial charge on any atom is -0.342 e. The summed E-state index contributed by atoms with van der Waals surface area (Å²) in [5.74, 6) is -0.275. The number of anilines is 3. The number of carbonyl (C=O) groups is 1. The maximum Gasteiger partial charge on any atom is 0.262 e. The third kappa shape index (κ3) is 5.94. The maximum absolute atomic E-state index is 14.5. The molecule has 0 saturated heterocycles. The molecule has 5 aromatic carbocycles. The zero-order chi connectivity index (χ0) is 30.1.